The monoisotopic (exact) mass is 362 g/mol. The van der Waals surface area contributed by atoms with Gasteiger partial charge < -0.3 is 5.73 Å². The second-order valence-corrected chi connectivity index (χ2v) is 7.13. The van der Waals surface area contributed by atoms with Gasteiger partial charge in [0, 0.05) is 9.77 Å². The standard InChI is InChI=1S/C14H13F3N2O2S2/c1-8(19(21)13(18)20)11-5-6-12(23-11)22-10-4-2-3-9(7-10)14(15,16)17/h2-8,21H,1H3,(H2,18,20). The maximum absolute atomic E-state index is 12.7. The fourth-order valence-electron chi connectivity index (χ4n) is 1.78. The van der Waals surface area contributed by atoms with E-state index in [0.29, 0.717) is 14.8 Å². The number of hydroxylamine groups is 2. The van der Waals surface area contributed by atoms with Gasteiger partial charge in [-0.3, -0.25) is 5.21 Å². The molecule has 0 fully saturated rings. The van der Waals surface area contributed by atoms with Gasteiger partial charge in [-0.05, 0) is 37.3 Å². The van der Waals surface area contributed by atoms with E-state index in [1.165, 1.54) is 29.2 Å². The number of nitrogens with zero attached hydrogens (tertiary/aromatic N) is 1. The first-order valence-electron chi connectivity index (χ1n) is 6.41. The van der Waals surface area contributed by atoms with E-state index in [2.05, 4.69) is 0 Å². The molecule has 23 heavy (non-hydrogen) atoms. The molecule has 1 aromatic carbocycles. The Morgan fingerprint density at radius 3 is 2.65 bits per heavy atom. The van der Waals surface area contributed by atoms with E-state index < -0.39 is 23.8 Å². The van der Waals surface area contributed by atoms with Gasteiger partial charge in [-0.1, -0.05) is 17.8 Å². The molecule has 9 heteroatoms. The van der Waals surface area contributed by atoms with Gasteiger partial charge in [0.25, 0.3) is 0 Å². The molecular weight excluding hydrogens is 349 g/mol. The van der Waals surface area contributed by atoms with Crippen LogP contribution in [0.1, 0.15) is 23.4 Å². The number of urea groups is 1. The maximum atomic E-state index is 12.7. The van der Waals surface area contributed by atoms with Crippen molar-refractivity contribution in [2.45, 2.75) is 28.2 Å². The molecule has 0 spiro atoms. The zero-order chi connectivity index (χ0) is 17.2. The van der Waals surface area contributed by atoms with E-state index in [-0.39, 0.29) is 0 Å². The van der Waals surface area contributed by atoms with E-state index in [4.69, 9.17) is 5.73 Å². The van der Waals surface area contributed by atoms with Crippen LogP contribution in [-0.2, 0) is 6.18 Å². The number of primary amides is 1. The summed E-state index contributed by atoms with van der Waals surface area (Å²) in [7, 11) is 0. The molecule has 3 N–H and O–H groups in total. The summed E-state index contributed by atoms with van der Waals surface area (Å²) in [5, 5.41) is 9.91. The average Bonchev–Trinajstić information content (AvgIpc) is 2.93. The van der Waals surface area contributed by atoms with E-state index in [1.807, 2.05) is 0 Å². The first-order valence-corrected chi connectivity index (χ1v) is 8.04. The zero-order valence-corrected chi connectivity index (χ0v) is 13.5. The molecule has 1 aromatic heterocycles. The van der Waals surface area contributed by atoms with Crippen molar-refractivity contribution in [3.8, 4) is 0 Å². The predicted octanol–water partition coefficient (Wildman–Crippen LogP) is 4.75. The summed E-state index contributed by atoms with van der Waals surface area (Å²) in [6, 6.07) is 6.84. The minimum atomic E-state index is -4.38. The number of halogens is 3. The van der Waals surface area contributed by atoms with Crippen molar-refractivity contribution in [3.05, 3.63) is 46.8 Å². The minimum Gasteiger partial charge on any atom is -0.350 e. The van der Waals surface area contributed by atoms with E-state index in [9.17, 15) is 23.2 Å². The lowest BCUT2D eigenvalue weighted by molar-refractivity contribution is -0.137. The number of rotatable bonds is 4. The SMILES string of the molecule is CC(c1ccc(Sc2cccc(C(F)(F)F)c2)s1)N(O)C(N)=O. The van der Waals surface area contributed by atoms with Crippen LogP contribution in [-0.4, -0.2) is 16.3 Å². The van der Waals surface area contributed by atoms with Crippen LogP contribution in [0.3, 0.4) is 0 Å². The van der Waals surface area contributed by atoms with Crippen molar-refractivity contribution in [2.75, 3.05) is 0 Å². The second-order valence-electron chi connectivity index (χ2n) is 4.64. The molecule has 1 unspecified atom stereocenters. The van der Waals surface area contributed by atoms with Crippen LogP contribution in [0.25, 0.3) is 0 Å². The predicted molar refractivity (Wildman–Crippen MR) is 81.5 cm³/mol. The summed E-state index contributed by atoms with van der Waals surface area (Å²) in [6.45, 7) is 1.59. The smallest absolute Gasteiger partial charge is 0.350 e. The number of benzene rings is 1. The van der Waals surface area contributed by atoms with Crippen LogP contribution in [0.2, 0.25) is 0 Å². The molecule has 0 saturated heterocycles. The largest absolute Gasteiger partial charge is 0.416 e. The van der Waals surface area contributed by atoms with Crippen LogP contribution in [0.15, 0.2) is 45.5 Å². The van der Waals surface area contributed by atoms with Crippen molar-refractivity contribution in [3.63, 3.8) is 0 Å². The molecule has 2 aromatic rings. The van der Waals surface area contributed by atoms with Gasteiger partial charge in [0.05, 0.1) is 15.8 Å². The Kier molecular flexibility index (Phi) is 5.23. The van der Waals surface area contributed by atoms with Gasteiger partial charge in [-0.2, -0.15) is 18.2 Å². The summed E-state index contributed by atoms with van der Waals surface area (Å²) in [5.74, 6) is 0. The molecular formula is C14H13F3N2O2S2. The third kappa shape index (κ3) is 4.40. The molecule has 0 radical (unpaired) electrons. The molecule has 4 nitrogen and oxygen atoms in total. The van der Waals surface area contributed by atoms with Crippen molar-refractivity contribution < 1.29 is 23.2 Å². The van der Waals surface area contributed by atoms with Crippen LogP contribution >= 0.6 is 23.1 Å². The summed E-state index contributed by atoms with van der Waals surface area (Å²) in [6.07, 6.45) is -4.38. The highest BCUT2D eigenvalue weighted by atomic mass is 32.2. The molecule has 1 heterocycles. The Labute approximate surface area is 138 Å². The second kappa shape index (κ2) is 6.81. The Morgan fingerprint density at radius 2 is 2.04 bits per heavy atom. The number of thiophene rings is 1. The maximum Gasteiger partial charge on any atom is 0.416 e. The van der Waals surface area contributed by atoms with E-state index in [0.717, 1.165) is 16.3 Å². The summed E-state index contributed by atoms with van der Waals surface area (Å²) < 4.78 is 38.8. The van der Waals surface area contributed by atoms with Crippen molar-refractivity contribution in [1.29, 1.82) is 0 Å². The molecule has 2 rings (SSSR count). The molecule has 0 aliphatic rings. The number of carbonyl (C=O) groups excluding carboxylic acids is 1. The topological polar surface area (TPSA) is 66.6 Å². The van der Waals surface area contributed by atoms with Gasteiger partial charge in [-0.15, -0.1) is 11.3 Å². The van der Waals surface area contributed by atoms with Crippen LogP contribution in [0.4, 0.5) is 18.0 Å². The number of alkyl halides is 3. The van der Waals surface area contributed by atoms with Gasteiger partial charge >= 0.3 is 12.2 Å². The summed E-state index contributed by atoms with van der Waals surface area (Å²) >= 11 is 2.45. The molecule has 0 saturated carbocycles. The number of amides is 2. The average molecular weight is 362 g/mol. The molecule has 0 bridgehead atoms. The highest BCUT2D eigenvalue weighted by Crippen LogP contribution is 2.38. The summed E-state index contributed by atoms with van der Waals surface area (Å²) in [5.41, 5.74) is 4.29. The molecule has 0 aliphatic heterocycles. The van der Waals surface area contributed by atoms with E-state index in [1.54, 1.807) is 25.1 Å². The lowest BCUT2D eigenvalue weighted by Gasteiger charge is -2.18. The molecule has 2 amide bonds. The van der Waals surface area contributed by atoms with Crippen LogP contribution in [0, 0.1) is 0 Å². The summed E-state index contributed by atoms with van der Waals surface area (Å²) in [4.78, 5) is 12.1. The quantitative estimate of drug-likeness (QED) is 0.609. The van der Waals surface area contributed by atoms with E-state index >= 15 is 0 Å². The first kappa shape index (κ1) is 17.6. The lowest BCUT2D eigenvalue weighted by Crippen LogP contribution is -2.34. The van der Waals surface area contributed by atoms with Crippen LogP contribution in [0.5, 0.6) is 0 Å². The van der Waals surface area contributed by atoms with Gasteiger partial charge in [0.15, 0.2) is 0 Å². The number of hydrogen-bond acceptors (Lipinski definition) is 4. The minimum absolute atomic E-state index is 0.407. The third-order valence-corrected chi connectivity index (χ3v) is 5.36. The highest BCUT2D eigenvalue weighted by Gasteiger charge is 2.30. The Bertz CT molecular complexity index is 703. The highest BCUT2D eigenvalue weighted by molar-refractivity contribution is 8.01. The molecule has 1 atom stereocenters. The zero-order valence-electron chi connectivity index (χ0n) is 11.9. The Balaban J connectivity index is 2.15. The fourth-order valence-corrected chi connectivity index (χ4v) is 4.00. The van der Waals surface area contributed by atoms with Gasteiger partial charge in [-0.25, -0.2) is 4.79 Å². The first-order chi connectivity index (χ1) is 10.7. The number of carbonyl (C=O) groups is 1. The van der Waals surface area contributed by atoms with Crippen molar-refractivity contribution >= 4 is 29.1 Å². The number of hydrogen-bond donors (Lipinski definition) is 2. The number of nitrogens with two attached hydrogens (primary N) is 1. The van der Waals surface area contributed by atoms with Crippen molar-refractivity contribution in [2.24, 2.45) is 5.73 Å². The fraction of sp³-hybridized carbons (Fsp3) is 0.214. The Hall–Kier alpha value is -1.71. The van der Waals surface area contributed by atoms with Crippen molar-refractivity contribution in [1.82, 2.24) is 5.06 Å². The lowest BCUT2D eigenvalue weighted by atomic mass is 10.2. The van der Waals surface area contributed by atoms with Crippen LogP contribution < -0.4 is 5.73 Å². The van der Waals surface area contributed by atoms with Gasteiger partial charge in [0.2, 0.25) is 0 Å². The third-order valence-electron chi connectivity index (χ3n) is 2.99. The normalized spacial score (nSPS) is 12.9. The molecule has 0 aliphatic carbocycles. The van der Waals surface area contributed by atoms with Gasteiger partial charge in [0.1, 0.15) is 0 Å². The molecule has 124 valence electrons. The Morgan fingerprint density at radius 1 is 1.35 bits per heavy atom.